The van der Waals surface area contributed by atoms with Crippen molar-refractivity contribution in [3.05, 3.63) is 77.6 Å². The third kappa shape index (κ3) is 2.72. The standard InChI is InChI=1S/C22H19N3O2/c1-26-18-10-7-16(8-11-18)21-20-19(12-9-17-13-23-27-22(17)20)24-25(21)14-15-5-3-2-4-6-15/h2-8,10-11,13H,9,12,14H2,1H3. The second kappa shape index (κ2) is 6.43. The summed E-state index contributed by atoms with van der Waals surface area (Å²) in [5.41, 5.74) is 6.65. The molecule has 0 spiro atoms. The Morgan fingerprint density at radius 3 is 2.63 bits per heavy atom. The second-order valence-corrected chi connectivity index (χ2v) is 6.72. The molecule has 0 amide bonds. The van der Waals surface area contributed by atoms with Gasteiger partial charge in [-0.2, -0.15) is 5.10 Å². The van der Waals surface area contributed by atoms with E-state index in [1.54, 1.807) is 7.11 Å². The summed E-state index contributed by atoms with van der Waals surface area (Å²) in [6, 6.07) is 18.5. The number of methoxy groups -OCH3 is 1. The van der Waals surface area contributed by atoms with E-state index >= 15 is 0 Å². The van der Waals surface area contributed by atoms with Gasteiger partial charge in [-0.05, 0) is 42.7 Å². The van der Waals surface area contributed by atoms with Crippen LogP contribution in [0.15, 0.2) is 65.3 Å². The molecule has 0 aliphatic heterocycles. The van der Waals surface area contributed by atoms with Gasteiger partial charge in [0, 0.05) is 11.1 Å². The number of nitrogens with zero attached hydrogens (tertiary/aromatic N) is 3. The summed E-state index contributed by atoms with van der Waals surface area (Å²) in [6.45, 7) is 0.707. The maximum Gasteiger partial charge on any atom is 0.174 e. The first-order chi connectivity index (χ1) is 13.3. The molecule has 0 radical (unpaired) electrons. The summed E-state index contributed by atoms with van der Waals surface area (Å²) >= 11 is 0. The minimum atomic E-state index is 0.707. The largest absolute Gasteiger partial charge is 0.497 e. The molecule has 4 aromatic rings. The third-order valence-electron chi connectivity index (χ3n) is 5.07. The van der Waals surface area contributed by atoms with Gasteiger partial charge in [-0.1, -0.05) is 35.5 Å². The van der Waals surface area contributed by atoms with Crippen LogP contribution >= 0.6 is 0 Å². The number of hydrogen-bond acceptors (Lipinski definition) is 4. The quantitative estimate of drug-likeness (QED) is 0.544. The highest BCUT2D eigenvalue weighted by molar-refractivity contribution is 5.83. The van der Waals surface area contributed by atoms with Crippen LogP contribution in [0, 0.1) is 0 Å². The lowest BCUT2D eigenvalue weighted by Crippen LogP contribution is -2.04. The summed E-state index contributed by atoms with van der Waals surface area (Å²) < 4.78 is 13.0. The van der Waals surface area contributed by atoms with Crippen LogP contribution in [0.3, 0.4) is 0 Å². The molecule has 0 bridgehead atoms. The second-order valence-electron chi connectivity index (χ2n) is 6.72. The van der Waals surface area contributed by atoms with Crippen LogP contribution in [0.1, 0.15) is 16.8 Å². The Balaban J connectivity index is 1.69. The molecule has 0 unspecified atom stereocenters. The molecule has 0 N–H and O–H groups in total. The zero-order chi connectivity index (χ0) is 18.2. The number of rotatable bonds is 4. The average molecular weight is 357 g/mol. The average Bonchev–Trinajstić information content (AvgIpc) is 3.32. The molecule has 5 heteroatoms. The zero-order valence-corrected chi connectivity index (χ0v) is 15.1. The van der Waals surface area contributed by atoms with E-state index in [-0.39, 0.29) is 0 Å². The van der Waals surface area contributed by atoms with E-state index < -0.39 is 0 Å². The van der Waals surface area contributed by atoms with Gasteiger partial charge in [-0.25, -0.2) is 0 Å². The minimum absolute atomic E-state index is 0.707. The minimum Gasteiger partial charge on any atom is -0.497 e. The molecule has 1 aliphatic carbocycles. The van der Waals surface area contributed by atoms with Crippen molar-refractivity contribution in [1.29, 1.82) is 0 Å². The van der Waals surface area contributed by atoms with Crippen LogP contribution in [-0.2, 0) is 19.4 Å². The molecule has 2 aromatic carbocycles. The highest BCUT2D eigenvalue weighted by Crippen LogP contribution is 2.41. The first-order valence-electron chi connectivity index (χ1n) is 9.05. The molecule has 0 fully saturated rings. The van der Waals surface area contributed by atoms with Crippen molar-refractivity contribution >= 4 is 0 Å². The zero-order valence-electron chi connectivity index (χ0n) is 15.1. The van der Waals surface area contributed by atoms with Crippen LogP contribution in [0.5, 0.6) is 5.75 Å². The van der Waals surface area contributed by atoms with E-state index in [2.05, 4.69) is 46.2 Å². The molecular formula is C22H19N3O2. The van der Waals surface area contributed by atoms with E-state index in [9.17, 15) is 0 Å². The summed E-state index contributed by atoms with van der Waals surface area (Å²) in [4.78, 5) is 0. The Hall–Kier alpha value is -3.34. The molecule has 0 saturated heterocycles. The van der Waals surface area contributed by atoms with Crippen LogP contribution in [0.25, 0.3) is 22.6 Å². The van der Waals surface area contributed by atoms with Gasteiger partial charge in [-0.3, -0.25) is 4.68 Å². The normalized spacial score (nSPS) is 12.5. The van der Waals surface area contributed by atoms with Gasteiger partial charge in [0.2, 0.25) is 0 Å². The lowest BCUT2D eigenvalue weighted by atomic mass is 9.93. The van der Waals surface area contributed by atoms with Gasteiger partial charge >= 0.3 is 0 Å². The van der Waals surface area contributed by atoms with Crippen LogP contribution in [-0.4, -0.2) is 22.0 Å². The number of ether oxygens (including phenoxy) is 1. The summed E-state index contributed by atoms with van der Waals surface area (Å²) in [5, 5.41) is 8.97. The van der Waals surface area contributed by atoms with Crippen LogP contribution in [0.4, 0.5) is 0 Å². The first kappa shape index (κ1) is 15.9. The summed E-state index contributed by atoms with van der Waals surface area (Å²) in [7, 11) is 1.68. The number of benzene rings is 2. The number of fused-ring (bicyclic) bond motifs is 3. The molecule has 1 aliphatic rings. The van der Waals surface area contributed by atoms with Gasteiger partial charge in [0.1, 0.15) is 5.75 Å². The van der Waals surface area contributed by atoms with Crippen molar-refractivity contribution in [2.45, 2.75) is 19.4 Å². The molecule has 2 aromatic heterocycles. The van der Waals surface area contributed by atoms with Gasteiger partial charge in [-0.15, -0.1) is 0 Å². The Labute approximate surface area is 157 Å². The Kier molecular flexibility index (Phi) is 3.78. The van der Waals surface area contributed by atoms with Crippen molar-refractivity contribution in [2.24, 2.45) is 0 Å². The highest BCUT2D eigenvalue weighted by atomic mass is 16.5. The lowest BCUT2D eigenvalue weighted by Gasteiger charge is -2.12. The van der Waals surface area contributed by atoms with Gasteiger partial charge in [0.25, 0.3) is 0 Å². The molecule has 2 heterocycles. The van der Waals surface area contributed by atoms with E-state index in [0.29, 0.717) is 6.54 Å². The molecule has 0 atom stereocenters. The third-order valence-corrected chi connectivity index (χ3v) is 5.07. The fraction of sp³-hybridized carbons (Fsp3) is 0.182. The Morgan fingerprint density at radius 2 is 1.85 bits per heavy atom. The first-order valence-corrected chi connectivity index (χ1v) is 9.05. The summed E-state index contributed by atoms with van der Waals surface area (Å²) in [6.07, 6.45) is 3.63. The number of aryl methyl sites for hydroxylation is 2. The van der Waals surface area contributed by atoms with Crippen LogP contribution < -0.4 is 4.74 Å². The Bertz CT molecular complexity index is 1080. The monoisotopic (exact) mass is 357 g/mol. The van der Waals surface area contributed by atoms with Crippen molar-refractivity contribution in [1.82, 2.24) is 14.9 Å². The molecule has 5 nitrogen and oxygen atoms in total. The fourth-order valence-corrected chi connectivity index (χ4v) is 3.74. The maximum absolute atomic E-state index is 5.62. The van der Waals surface area contributed by atoms with Crippen molar-refractivity contribution in [2.75, 3.05) is 7.11 Å². The van der Waals surface area contributed by atoms with E-state index in [1.807, 2.05) is 24.4 Å². The fourth-order valence-electron chi connectivity index (χ4n) is 3.74. The number of aromatic nitrogens is 3. The smallest absolute Gasteiger partial charge is 0.174 e. The molecule has 5 rings (SSSR count). The van der Waals surface area contributed by atoms with Crippen LogP contribution in [0.2, 0.25) is 0 Å². The topological polar surface area (TPSA) is 53.1 Å². The van der Waals surface area contributed by atoms with Gasteiger partial charge < -0.3 is 9.26 Å². The predicted octanol–water partition coefficient (Wildman–Crippen LogP) is 4.36. The van der Waals surface area contributed by atoms with E-state index in [1.165, 1.54) is 5.56 Å². The van der Waals surface area contributed by atoms with Crippen molar-refractivity contribution in [3.8, 4) is 28.3 Å². The SMILES string of the molecule is COc1ccc(-c2c3c(nn2Cc2ccccc2)CCc2cnoc2-3)cc1. The molecular weight excluding hydrogens is 338 g/mol. The van der Waals surface area contributed by atoms with E-state index in [0.717, 1.165) is 52.4 Å². The lowest BCUT2D eigenvalue weighted by molar-refractivity contribution is 0.415. The van der Waals surface area contributed by atoms with Crippen molar-refractivity contribution < 1.29 is 9.26 Å². The van der Waals surface area contributed by atoms with Crippen molar-refractivity contribution in [3.63, 3.8) is 0 Å². The number of hydrogen-bond donors (Lipinski definition) is 0. The maximum atomic E-state index is 5.62. The molecule has 134 valence electrons. The molecule has 0 saturated carbocycles. The van der Waals surface area contributed by atoms with Gasteiger partial charge in [0.05, 0.1) is 36.8 Å². The Morgan fingerprint density at radius 1 is 1.04 bits per heavy atom. The highest BCUT2D eigenvalue weighted by Gasteiger charge is 2.29. The van der Waals surface area contributed by atoms with E-state index in [4.69, 9.17) is 14.4 Å². The van der Waals surface area contributed by atoms with Gasteiger partial charge in [0.15, 0.2) is 5.76 Å². The molecule has 27 heavy (non-hydrogen) atoms. The summed E-state index contributed by atoms with van der Waals surface area (Å²) in [5.74, 6) is 1.68. The predicted molar refractivity (Wildman–Crippen MR) is 103 cm³/mol.